The van der Waals surface area contributed by atoms with Gasteiger partial charge in [0.05, 0.1) is 36.3 Å². The van der Waals surface area contributed by atoms with E-state index in [9.17, 15) is 19.2 Å². The fourth-order valence-electron chi connectivity index (χ4n) is 6.90. The molecule has 4 saturated heterocycles. The quantitative estimate of drug-likeness (QED) is 0.571. The Bertz CT molecular complexity index is 1110. The summed E-state index contributed by atoms with van der Waals surface area (Å²) in [6.07, 6.45) is 4.61. The maximum absolute atomic E-state index is 13.1. The molecule has 2 atom stereocenters. The third-order valence-corrected chi connectivity index (χ3v) is 8.97. The molecular formula is C30H34N4O4. The summed E-state index contributed by atoms with van der Waals surface area (Å²) in [5.74, 6) is 0.736. The normalized spacial score (nSPS) is 26.6. The van der Waals surface area contributed by atoms with Crippen molar-refractivity contribution in [2.75, 3.05) is 36.0 Å². The van der Waals surface area contributed by atoms with Crippen LogP contribution in [0.15, 0.2) is 60.7 Å². The fourth-order valence-corrected chi connectivity index (χ4v) is 6.90. The van der Waals surface area contributed by atoms with Crippen molar-refractivity contribution in [3.63, 3.8) is 0 Å². The molecule has 198 valence electrons. The molecular weight excluding hydrogens is 480 g/mol. The van der Waals surface area contributed by atoms with Gasteiger partial charge in [0, 0.05) is 0 Å². The van der Waals surface area contributed by atoms with E-state index in [1.165, 1.54) is 9.80 Å². The van der Waals surface area contributed by atoms with Gasteiger partial charge < -0.3 is 0 Å². The number of rotatable bonds is 5. The summed E-state index contributed by atoms with van der Waals surface area (Å²) in [4.78, 5) is 58.7. The van der Waals surface area contributed by atoms with Gasteiger partial charge in [-0.05, 0) is 88.0 Å². The van der Waals surface area contributed by atoms with Crippen LogP contribution in [0.5, 0.6) is 0 Å². The molecule has 38 heavy (non-hydrogen) atoms. The number of carbonyl (C=O) groups is 4. The second-order valence-corrected chi connectivity index (χ2v) is 11.0. The van der Waals surface area contributed by atoms with Crippen LogP contribution in [0.2, 0.25) is 0 Å². The second-order valence-electron chi connectivity index (χ2n) is 11.0. The Kier molecular flexibility index (Phi) is 6.84. The van der Waals surface area contributed by atoms with E-state index in [2.05, 4.69) is 9.80 Å². The summed E-state index contributed by atoms with van der Waals surface area (Å²) in [6, 6.07) is 17.7. The summed E-state index contributed by atoms with van der Waals surface area (Å²) in [6.45, 7) is 3.33. The Morgan fingerprint density at radius 2 is 0.842 bits per heavy atom. The number of imide groups is 2. The zero-order valence-electron chi connectivity index (χ0n) is 21.6. The minimum atomic E-state index is -0.357. The van der Waals surface area contributed by atoms with E-state index in [1.807, 2.05) is 60.7 Å². The van der Waals surface area contributed by atoms with E-state index in [4.69, 9.17) is 0 Å². The van der Waals surface area contributed by atoms with Gasteiger partial charge in [-0.1, -0.05) is 36.4 Å². The van der Waals surface area contributed by atoms with Gasteiger partial charge in [0.25, 0.3) is 11.8 Å². The maximum atomic E-state index is 13.1. The van der Waals surface area contributed by atoms with Crippen LogP contribution < -0.4 is 9.80 Å². The van der Waals surface area contributed by atoms with Crippen LogP contribution in [0.3, 0.4) is 0 Å². The highest BCUT2D eigenvalue weighted by molar-refractivity contribution is 6.23. The second kappa shape index (κ2) is 10.4. The van der Waals surface area contributed by atoms with Gasteiger partial charge in [-0.2, -0.15) is 0 Å². The number of anilines is 2. The number of hydrogen-bond donors (Lipinski definition) is 0. The molecule has 4 heterocycles. The number of amides is 4. The number of likely N-dealkylation sites (tertiary alicyclic amines) is 2. The minimum Gasteiger partial charge on any atom is -0.292 e. The van der Waals surface area contributed by atoms with E-state index in [0.717, 1.165) is 51.9 Å². The average molecular weight is 515 g/mol. The van der Waals surface area contributed by atoms with Crippen molar-refractivity contribution in [1.29, 1.82) is 0 Å². The SMILES string of the molecule is O=C1C[C@@H](N2CCC(C3CCN([C@@H]4CC(=O)N(c5ccccc5)C4=O)CC3)CC2)C(=O)N1c1ccccc1. The molecule has 4 amide bonds. The predicted octanol–water partition coefficient (Wildman–Crippen LogP) is 3.07. The number of hydrogen-bond acceptors (Lipinski definition) is 6. The van der Waals surface area contributed by atoms with Gasteiger partial charge in [0.15, 0.2) is 0 Å². The van der Waals surface area contributed by atoms with E-state index in [-0.39, 0.29) is 48.6 Å². The molecule has 0 aliphatic carbocycles. The summed E-state index contributed by atoms with van der Waals surface area (Å²) in [7, 11) is 0. The van der Waals surface area contributed by atoms with Crippen LogP contribution in [0.4, 0.5) is 11.4 Å². The van der Waals surface area contributed by atoms with E-state index in [0.29, 0.717) is 23.2 Å². The molecule has 0 spiro atoms. The number of para-hydroxylation sites is 2. The van der Waals surface area contributed by atoms with Crippen LogP contribution >= 0.6 is 0 Å². The Hall–Kier alpha value is -3.36. The highest BCUT2D eigenvalue weighted by Crippen LogP contribution is 2.36. The van der Waals surface area contributed by atoms with Crippen LogP contribution in [0, 0.1) is 11.8 Å². The Morgan fingerprint density at radius 3 is 1.18 bits per heavy atom. The summed E-state index contributed by atoms with van der Waals surface area (Å²) in [5, 5.41) is 0. The van der Waals surface area contributed by atoms with Gasteiger partial charge in [0.2, 0.25) is 11.8 Å². The van der Waals surface area contributed by atoms with E-state index in [1.54, 1.807) is 0 Å². The molecule has 4 aliphatic heterocycles. The molecule has 0 bridgehead atoms. The first kappa shape index (κ1) is 24.9. The number of nitrogens with zero attached hydrogens (tertiary/aromatic N) is 4. The monoisotopic (exact) mass is 514 g/mol. The molecule has 6 rings (SSSR count). The van der Waals surface area contributed by atoms with Crippen LogP contribution in [0.25, 0.3) is 0 Å². The molecule has 2 aromatic rings. The summed E-state index contributed by atoms with van der Waals surface area (Å²) in [5.41, 5.74) is 1.31. The smallest absolute Gasteiger partial charge is 0.251 e. The molecule has 0 radical (unpaired) electrons. The lowest BCUT2D eigenvalue weighted by Gasteiger charge is -2.42. The predicted molar refractivity (Wildman–Crippen MR) is 143 cm³/mol. The largest absolute Gasteiger partial charge is 0.292 e. The van der Waals surface area contributed by atoms with E-state index >= 15 is 0 Å². The number of piperidine rings is 2. The molecule has 0 unspecified atom stereocenters. The van der Waals surface area contributed by atoms with Crippen molar-refractivity contribution < 1.29 is 19.2 Å². The zero-order valence-corrected chi connectivity index (χ0v) is 21.6. The summed E-state index contributed by atoms with van der Waals surface area (Å²) >= 11 is 0. The molecule has 2 aromatic carbocycles. The topological polar surface area (TPSA) is 81.2 Å². The van der Waals surface area contributed by atoms with Crippen molar-refractivity contribution >= 4 is 35.0 Å². The molecule has 0 saturated carbocycles. The highest BCUT2D eigenvalue weighted by Gasteiger charge is 2.46. The Balaban J connectivity index is 1.01. The molecule has 4 aliphatic rings. The van der Waals surface area contributed by atoms with Crippen molar-refractivity contribution in [3.05, 3.63) is 60.7 Å². The maximum Gasteiger partial charge on any atom is 0.251 e. The molecule has 0 N–H and O–H groups in total. The average Bonchev–Trinajstić information content (AvgIpc) is 3.43. The highest BCUT2D eigenvalue weighted by atomic mass is 16.2. The first-order chi connectivity index (χ1) is 18.5. The number of benzene rings is 2. The Labute approximate surface area is 223 Å². The van der Waals surface area contributed by atoms with Gasteiger partial charge in [-0.3, -0.25) is 29.0 Å². The lowest BCUT2D eigenvalue weighted by atomic mass is 9.78. The lowest BCUT2D eigenvalue weighted by molar-refractivity contribution is -0.125. The Morgan fingerprint density at radius 1 is 0.500 bits per heavy atom. The van der Waals surface area contributed by atoms with Crippen molar-refractivity contribution in [2.24, 2.45) is 11.8 Å². The first-order valence-corrected chi connectivity index (χ1v) is 13.8. The molecule has 8 heteroatoms. The molecule has 4 fully saturated rings. The summed E-state index contributed by atoms with van der Waals surface area (Å²) < 4.78 is 0. The van der Waals surface area contributed by atoms with Crippen LogP contribution in [0.1, 0.15) is 38.5 Å². The fraction of sp³-hybridized carbons (Fsp3) is 0.467. The standard InChI is InChI=1S/C30H34N4O4/c35-27-19-25(29(37)33(27)23-7-3-1-4-8-23)31-15-11-21(12-16-31)22-13-17-32(18-14-22)26-20-28(36)34(30(26)38)24-9-5-2-6-10-24/h1-10,21-22,25-26H,11-20H2/t25-,26-/m1/s1. The van der Waals surface area contributed by atoms with Crippen LogP contribution in [-0.2, 0) is 19.2 Å². The third-order valence-electron chi connectivity index (χ3n) is 8.97. The third kappa shape index (κ3) is 4.56. The van der Waals surface area contributed by atoms with Gasteiger partial charge >= 0.3 is 0 Å². The van der Waals surface area contributed by atoms with Crippen LogP contribution in [-0.4, -0.2) is 71.7 Å². The van der Waals surface area contributed by atoms with Gasteiger partial charge in [0.1, 0.15) is 0 Å². The van der Waals surface area contributed by atoms with Crippen molar-refractivity contribution in [1.82, 2.24) is 9.80 Å². The van der Waals surface area contributed by atoms with E-state index < -0.39 is 0 Å². The molecule has 0 aromatic heterocycles. The zero-order chi connectivity index (χ0) is 26.2. The van der Waals surface area contributed by atoms with Gasteiger partial charge in [-0.15, -0.1) is 0 Å². The first-order valence-electron chi connectivity index (χ1n) is 13.8. The van der Waals surface area contributed by atoms with Gasteiger partial charge in [-0.25, -0.2) is 9.80 Å². The minimum absolute atomic E-state index is 0.103. The number of carbonyl (C=O) groups excluding carboxylic acids is 4. The van der Waals surface area contributed by atoms with Crippen molar-refractivity contribution in [3.8, 4) is 0 Å². The van der Waals surface area contributed by atoms with Crippen molar-refractivity contribution in [2.45, 2.75) is 50.6 Å². The lowest BCUT2D eigenvalue weighted by Crippen LogP contribution is -2.49. The molecule has 8 nitrogen and oxygen atoms in total.